The van der Waals surface area contributed by atoms with Crippen LogP contribution in [0.5, 0.6) is 11.5 Å². The summed E-state index contributed by atoms with van der Waals surface area (Å²) >= 11 is 6.07. The van der Waals surface area contributed by atoms with Gasteiger partial charge in [0.05, 0.1) is 6.10 Å². The molecule has 0 aromatic heterocycles. The number of nitrogens with one attached hydrogen (secondary N) is 1. The van der Waals surface area contributed by atoms with Gasteiger partial charge in [0, 0.05) is 28.9 Å². The lowest BCUT2D eigenvalue weighted by Gasteiger charge is -2.20. The number of anilines is 1. The first-order chi connectivity index (χ1) is 10.2. The van der Waals surface area contributed by atoms with Crippen molar-refractivity contribution in [3.8, 4) is 11.5 Å². The van der Waals surface area contributed by atoms with Crippen LogP contribution in [0.2, 0.25) is 5.02 Å². The molecule has 2 N–H and O–H groups in total. The van der Waals surface area contributed by atoms with Gasteiger partial charge in [0.15, 0.2) is 11.5 Å². The van der Waals surface area contributed by atoms with E-state index in [1.54, 1.807) is 6.07 Å². The standard InChI is InChI=1S/C16H16ClNO3/c17-13-4-2-1-3-12(13)14(19)10-18-11-5-6-15-16(9-11)21-8-7-20-15/h1-6,9,14,18-19H,7-8,10H2. The van der Waals surface area contributed by atoms with Gasteiger partial charge >= 0.3 is 0 Å². The Labute approximate surface area is 128 Å². The molecule has 1 aliphatic rings. The summed E-state index contributed by atoms with van der Waals surface area (Å²) < 4.78 is 11.0. The topological polar surface area (TPSA) is 50.7 Å². The molecule has 2 aromatic carbocycles. The highest BCUT2D eigenvalue weighted by Crippen LogP contribution is 2.33. The SMILES string of the molecule is OC(CNc1ccc2c(c1)OCCO2)c1ccccc1Cl. The zero-order valence-corrected chi connectivity index (χ0v) is 12.1. The Bertz CT molecular complexity index is 633. The molecule has 0 saturated heterocycles. The van der Waals surface area contributed by atoms with Crippen molar-refractivity contribution in [2.45, 2.75) is 6.10 Å². The number of aliphatic hydroxyl groups excluding tert-OH is 1. The summed E-state index contributed by atoms with van der Waals surface area (Å²) in [5.74, 6) is 1.47. The zero-order valence-electron chi connectivity index (χ0n) is 11.4. The largest absolute Gasteiger partial charge is 0.486 e. The van der Waals surface area contributed by atoms with Gasteiger partial charge in [-0.25, -0.2) is 0 Å². The molecule has 110 valence electrons. The molecule has 0 amide bonds. The van der Waals surface area contributed by atoms with E-state index >= 15 is 0 Å². The summed E-state index contributed by atoms with van der Waals surface area (Å²) in [5, 5.41) is 13.9. The Morgan fingerprint density at radius 2 is 1.86 bits per heavy atom. The molecule has 2 aromatic rings. The minimum Gasteiger partial charge on any atom is -0.486 e. The van der Waals surface area contributed by atoms with Crippen LogP contribution >= 0.6 is 11.6 Å². The molecule has 4 nitrogen and oxygen atoms in total. The minimum absolute atomic E-state index is 0.364. The third-order valence-corrected chi connectivity index (χ3v) is 3.65. The van der Waals surface area contributed by atoms with Crippen LogP contribution in [0.4, 0.5) is 5.69 Å². The molecule has 1 atom stereocenters. The molecule has 0 fully saturated rings. The fraction of sp³-hybridized carbons (Fsp3) is 0.250. The van der Waals surface area contributed by atoms with E-state index < -0.39 is 6.10 Å². The number of hydrogen-bond donors (Lipinski definition) is 2. The van der Waals surface area contributed by atoms with Crippen LogP contribution in [0.15, 0.2) is 42.5 Å². The molecule has 1 unspecified atom stereocenters. The second kappa shape index (κ2) is 6.24. The zero-order chi connectivity index (χ0) is 14.7. The Morgan fingerprint density at radius 1 is 1.10 bits per heavy atom. The smallest absolute Gasteiger partial charge is 0.163 e. The molecule has 0 bridgehead atoms. The fourth-order valence-electron chi connectivity index (χ4n) is 2.22. The number of aliphatic hydroxyl groups is 1. The Morgan fingerprint density at radius 3 is 2.67 bits per heavy atom. The van der Waals surface area contributed by atoms with Crippen molar-refractivity contribution in [2.75, 3.05) is 25.1 Å². The van der Waals surface area contributed by atoms with Crippen molar-refractivity contribution in [3.05, 3.63) is 53.1 Å². The summed E-state index contributed by atoms with van der Waals surface area (Å²) in [7, 11) is 0. The molecule has 3 rings (SSSR count). The number of rotatable bonds is 4. The van der Waals surface area contributed by atoms with Crippen LogP contribution in [0, 0.1) is 0 Å². The van der Waals surface area contributed by atoms with E-state index in [1.807, 2.05) is 36.4 Å². The summed E-state index contributed by atoms with van der Waals surface area (Å²) in [5.41, 5.74) is 1.58. The first-order valence-corrected chi connectivity index (χ1v) is 7.18. The van der Waals surface area contributed by atoms with Crippen LogP contribution in [0.3, 0.4) is 0 Å². The molecular weight excluding hydrogens is 290 g/mol. The van der Waals surface area contributed by atoms with E-state index in [2.05, 4.69) is 5.32 Å². The number of hydrogen-bond acceptors (Lipinski definition) is 4. The average molecular weight is 306 g/mol. The van der Waals surface area contributed by atoms with Crippen LogP contribution in [-0.2, 0) is 0 Å². The third kappa shape index (κ3) is 3.23. The molecule has 1 aliphatic heterocycles. The van der Waals surface area contributed by atoms with Crippen molar-refractivity contribution in [2.24, 2.45) is 0 Å². The van der Waals surface area contributed by atoms with Gasteiger partial charge in [0.2, 0.25) is 0 Å². The van der Waals surface area contributed by atoms with Crippen LogP contribution in [-0.4, -0.2) is 24.9 Å². The minimum atomic E-state index is -0.674. The highest BCUT2D eigenvalue weighted by Gasteiger charge is 2.13. The summed E-state index contributed by atoms with van der Waals surface area (Å²) in [4.78, 5) is 0. The number of fused-ring (bicyclic) bond motifs is 1. The van der Waals surface area contributed by atoms with Crippen LogP contribution in [0.25, 0.3) is 0 Å². The molecule has 5 heteroatoms. The highest BCUT2D eigenvalue weighted by atomic mass is 35.5. The van der Waals surface area contributed by atoms with Gasteiger partial charge in [-0.05, 0) is 18.2 Å². The maximum Gasteiger partial charge on any atom is 0.163 e. The summed E-state index contributed by atoms with van der Waals surface area (Å²) in [6.07, 6.45) is -0.674. The van der Waals surface area contributed by atoms with Crippen molar-refractivity contribution >= 4 is 17.3 Å². The van der Waals surface area contributed by atoms with Gasteiger partial charge in [-0.1, -0.05) is 29.8 Å². The number of ether oxygens (including phenoxy) is 2. The lowest BCUT2D eigenvalue weighted by atomic mass is 10.1. The van der Waals surface area contributed by atoms with Gasteiger partial charge in [0.25, 0.3) is 0 Å². The molecule has 21 heavy (non-hydrogen) atoms. The van der Waals surface area contributed by atoms with Crippen molar-refractivity contribution in [3.63, 3.8) is 0 Å². The highest BCUT2D eigenvalue weighted by molar-refractivity contribution is 6.31. The maximum absolute atomic E-state index is 10.2. The lowest BCUT2D eigenvalue weighted by molar-refractivity contribution is 0.171. The quantitative estimate of drug-likeness (QED) is 0.910. The van der Waals surface area contributed by atoms with E-state index in [4.69, 9.17) is 21.1 Å². The van der Waals surface area contributed by atoms with E-state index in [-0.39, 0.29) is 0 Å². The predicted molar refractivity (Wildman–Crippen MR) is 82.3 cm³/mol. The summed E-state index contributed by atoms with van der Waals surface area (Å²) in [6, 6.07) is 12.9. The fourth-order valence-corrected chi connectivity index (χ4v) is 2.48. The molecule has 0 aliphatic carbocycles. The number of benzene rings is 2. The van der Waals surface area contributed by atoms with E-state index in [9.17, 15) is 5.11 Å². The number of halogens is 1. The Hall–Kier alpha value is -1.91. The second-order valence-corrected chi connectivity index (χ2v) is 5.18. The normalized spacial score (nSPS) is 14.6. The Kier molecular flexibility index (Phi) is 4.18. The third-order valence-electron chi connectivity index (χ3n) is 3.31. The van der Waals surface area contributed by atoms with Crippen molar-refractivity contribution < 1.29 is 14.6 Å². The monoisotopic (exact) mass is 305 g/mol. The van der Waals surface area contributed by atoms with Gasteiger partial charge in [-0.2, -0.15) is 0 Å². The first kappa shape index (κ1) is 14.0. The van der Waals surface area contributed by atoms with E-state index in [1.165, 1.54) is 0 Å². The van der Waals surface area contributed by atoms with Crippen LogP contribution in [0.1, 0.15) is 11.7 Å². The first-order valence-electron chi connectivity index (χ1n) is 6.80. The van der Waals surface area contributed by atoms with Crippen molar-refractivity contribution in [1.82, 2.24) is 0 Å². The van der Waals surface area contributed by atoms with E-state index in [0.717, 1.165) is 17.2 Å². The molecule has 0 spiro atoms. The van der Waals surface area contributed by atoms with Gasteiger partial charge in [-0.3, -0.25) is 0 Å². The van der Waals surface area contributed by atoms with Gasteiger partial charge in [-0.15, -0.1) is 0 Å². The van der Waals surface area contributed by atoms with Crippen molar-refractivity contribution in [1.29, 1.82) is 0 Å². The van der Waals surface area contributed by atoms with E-state index in [0.29, 0.717) is 30.3 Å². The van der Waals surface area contributed by atoms with Gasteiger partial charge in [0.1, 0.15) is 13.2 Å². The molecule has 1 heterocycles. The molecule has 0 radical (unpaired) electrons. The second-order valence-electron chi connectivity index (χ2n) is 4.78. The Balaban J connectivity index is 1.66. The summed E-state index contributed by atoms with van der Waals surface area (Å²) in [6.45, 7) is 1.49. The molecule has 0 saturated carbocycles. The van der Waals surface area contributed by atoms with Gasteiger partial charge < -0.3 is 19.9 Å². The van der Waals surface area contributed by atoms with Crippen LogP contribution < -0.4 is 14.8 Å². The predicted octanol–water partition coefficient (Wildman–Crippen LogP) is 3.26. The maximum atomic E-state index is 10.2. The average Bonchev–Trinajstić information content (AvgIpc) is 2.53. The molecular formula is C16H16ClNO3. The lowest BCUT2D eigenvalue weighted by Crippen LogP contribution is -2.16.